The van der Waals surface area contributed by atoms with Gasteiger partial charge < -0.3 is 14.5 Å². The first-order valence-electron chi connectivity index (χ1n) is 7.25. The summed E-state index contributed by atoms with van der Waals surface area (Å²) in [6.07, 6.45) is 2.68. The van der Waals surface area contributed by atoms with E-state index in [0.29, 0.717) is 13.2 Å². The maximum absolute atomic E-state index is 12.4. The van der Waals surface area contributed by atoms with Gasteiger partial charge in [0.25, 0.3) is 0 Å². The van der Waals surface area contributed by atoms with Crippen molar-refractivity contribution in [1.82, 2.24) is 9.80 Å². The highest BCUT2D eigenvalue weighted by molar-refractivity contribution is 5.81. The zero-order valence-corrected chi connectivity index (χ0v) is 11.9. The maximum Gasteiger partial charge on any atom is 0.310 e. The molecule has 0 aromatic carbocycles. The lowest BCUT2D eigenvalue weighted by Crippen LogP contribution is -2.45. The summed E-state index contributed by atoms with van der Waals surface area (Å²) >= 11 is 0. The Labute approximate surface area is 114 Å². The van der Waals surface area contributed by atoms with Crippen molar-refractivity contribution in [1.29, 1.82) is 0 Å². The minimum absolute atomic E-state index is 0.117. The molecule has 1 amide bonds. The zero-order valence-electron chi connectivity index (χ0n) is 11.9. The molecule has 0 aromatic rings. The Balaban J connectivity index is 1.89. The Kier molecular flexibility index (Phi) is 4.80. The molecule has 2 saturated heterocycles. The van der Waals surface area contributed by atoms with Gasteiger partial charge in [0, 0.05) is 19.6 Å². The minimum atomic E-state index is -0.150. The van der Waals surface area contributed by atoms with Gasteiger partial charge in [0.1, 0.15) is 0 Å². The number of likely N-dealkylation sites (tertiary alicyclic amines) is 2. The number of nitrogens with zero attached hydrogens (tertiary/aromatic N) is 2. The number of ether oxygens (including phenoxy) is 1. The van der Waals surface area contributed by atoms with Crippen molar-refractivity contribution in [3.8, 4) is 0 Å². The molecule has 2 heterocycles. The van der Waals surface area contributed by atoms with E-state index in [4.69, 9.17) is 4.74 Å². The van der Waals surface area contributed by atoms with E-state index in [1.165, 1.54) is 0 Å². The van der Waals surface area contributed by atoms with E-state index >= 15 is 0 Å². The smallest absolute Gasteiger partial charge is 0.310 e. The molecule has 0 spiro atoms. The Morgan fingerprint density at radius 3 is 2.58 bits per heavy atom. The molecule has 2 atom stereocenters. The minimum Gasteiger partial charge on any atom is -0.466 e. The molecule has 19 heavy (non-hydrogen) atoms. The second-order valence-corrected chi connectivity index (χ2v) is 5.62. The quantitative estimate of drug-likeness (QED) is 0.708. The van der Waals surface area contributed by atoms with Crippen molar-refractivity contribution < 1.29 is 14.3 Å². The van der Waals surface area contributed by atoms with Crippen LogP contribution in [0.25, 0.3) is 0 Å². The van der Waals surface area contributed by atoms with Crippen molar-refractivity contribution in [2.45, 2.75) is 26.2 Å². The van der Waals surface area contributed by atoms with E-state index < -0.39 is 0 Å². The van der Waals surface area contributed by atoms with Gasteiger partial charge in [-0.2, -0.15) is 0 Å². The number of esters is 1. The Morgan fingerprint density at radius 1 is 1.16 bits per heavy atom. The van der Waals surface area contributed by atoms with Crippen LogP contribution in [-0.4, -0.2) is 61.5 Å². The van der Waals surface area contributed by atoms with E-state index in [0.717, 1.165) is 38.9 Å². The molecule has 0 N–H and O–H groups in total. The summed E-state index contributed by atoms with van der Waals surface area (Å²) in [5.74, 6) is 0.0598. The summed E-state index contributed by atoms with van der Waals surface area (Å²) in [7, 11) is 2.05. The van der Waals surface area contributed by atoms with E-state index in [1.54, 1.807) is 0 Å². The molecular formula is C14H24N2O3. The number of carbonyl (C=O) groups excluding carboxylic acids is 2. The average Bonchev–Trinajstić information content (AvgIpc) is 2.85. The SMILES string of the molecule is CCOC(=O)[C@@H]1CCCN(C(=O)C2CCN(C)C2)C1. The molecule has 1 unspecified atom stereocenters. The van der Waals surface area contributed by atoms with E-state index in [2.05, 4.69) is 4.90 Å². The van der Waals surface area contributed by atoms with Gasteiger partial charge in [-0.05, 0) is 39.8 Å². The van der Waals surface area contributed by atoms with E-state index in [-0.39, 0.29) is 23.7 Å². The molecule has 0 saturated carbocycles. The van der Waals surface area contributed by atoms with Gasteiger partial charge in [0.15, 0.2) is 0 Å². The van der Waals surface area contributed by atoms with Gasteiger partial charge >= 0.3 is 5.97 Å². The van der Waals surface area contributed by atoms with Gasteiger partial charge in [-0.1, -0.05) is 0 Å². The zero-order chi connectivity index (χ0) is 13.8. The van der Waals surface area contributed by atoms with Gasteiger partial charge in [-0.25, -0.2) is 0 Å². The fraction of sp³-hybridized carbons (Fsp3) is 0.857. The van der Waals surface area contributed by atoms with Gasteiger partial charge in [0.2, 0.25) is 5.91 Å². The fourth-order valence-electron chi connectivity index (χ4n) is 3.02. The molecule has 0 radical (unpaired) electrons. The number of hydrogen-bond donors (Lipinski definition) is 0. The van der Waals surface area contributed by atoms with E-state index in [1.807, 2.05) is 18.9 Å². The number of piperidine rings is 1. The molecule has 2 rings (SSSR count). The van der Waals surface area contributed by atoms with Crippen molar-refractivity contribution in [2.75, 3.05) is 39.8 Å². The summed E-state index contributed by atoms with van der Waals surface area (Å²) in [4.78, 5) is 28.3. The Morgan fingerprint density at radius 2 is 1.95 bits per heavy atom. The van der Waals surface area contributed by atoms with Crippen LogP contribution >= 0.6 is 0 Å². The van der Waals surface area contributed by atoms with Crippen LogP contribution in [0.5, 0.6) is 0 Å². The van der Waals surface area contributed by atoms with Crippen LogP contribution in [0.4, 0.5) is 0 Å². The topological polar surface area (TPSA) is 49.9 Å². The number of carbonyl (C=O) groups is 2. The second-order valence-electron chi connectivity index (χ2n) is 5.62. The predicted molar refractivity (Wildman–Crippen MR) is 71.5 cm³/mol. The number of hydrogen-bond acceptors (Lipinski definition) is 4. The van der Waals surface area contributed by atoms with Crippen molar-refractivity contribution in [3.63, 3.8) is 0 Å². The molecule has 2 aliphatic heterocycles. The summed E-state index contributed by atoms with van der Waals surface area (Å²) in [6, 6.07) is 0. The second kappa shape index (κ2) is 6.37. The molecule has 0 aliphatic carbocycles. The van der Waals surface area contributed by atoms with Gasteiger partial charge in [0.05, 0.1) is 18.4 Å². The highest BCUT2D eigenvalue weighted by Gasteiger charge is 2.34. The lowest BCUT2D eigenvalue weighted by Gasteiger charge is -2.33. The van der Waals surface area contributed by atoms with Crippen LogP contribution < -0.4 is 0 Å². The molecule has 5 heteroatoms. The molecule has 5 nitrogen and oxygen atoms in total. The lowest BCUT2D eigenvalue weighted by atomic mass is 9.96. The molecule has 2 fully saturated rings. The van der Waals surface area contributed by atoms with Crippen LogP contribution in [0.3, 0.4) is 0 Å². The summed E-state index contributed by atoms with van der Waals surface area (Å²) in [5.41, 5.74) is 0. The Hall–Kier alpha value is -1.10. The first-order chi connectivity index (χ1) is 9.11. The fourth-order valence-corrected chi connectivity index (χ4v) is 3.02. The third kappa shape index (κ3) is 3.47. The Bertz CT molecular complexity index is 346. The van der Waals surface area contributed by atoms with Gasteiger partial charge in [-0.3, -0.25) is 9.59 Å². The van der Waals surface area contributed by atoms with E-state index in [9.17, 15) is 9.59 Å². The van der Waals surface area contributed by atoms with Crippen molar-refractivity contribution in [3.05, 3.63) is 0 Å². The molecule has 0 bridgehead atoms. The standard InChI is InChI=1S/C14H24N2O3/c1-3-19-14(18)12-5-4-7-16(10-12)13(17)11-6-8-15(2)9-11/h11-12H,3-10H2,1-2H3/t11?,12-/m1/s1. The largest absolute Gasteiger partial charge is 0.466 e. The molecular weight excluding hydrogens is 244 g/mol. The summed E-state index contributed by atoms with van der Waals surface area (Å²) in [6.45, 7) is 5.40. The average molecular weight is 268 g/mol. The number of rotatable bonds is 3. The van der Waals surface area contributed by atoms with Crippen LogP contribution in [0, 0.1) is 11.8 Å². The van der Waals surface area contributed by atoms with Crippen LogP contribution in [0.15, 0.2) is 0 Å². The molecule has 108 valence electrons. The molecule has 0 aromatic heterocycles. The first-order valence-corrected chi connectivity index (χ1v) is 7.25. The van der Waals surface area contributed by atoms with Crippen LogP contribution in [-0.2, 0) is 14.3 Å². The van der Waals surface area contributed by atoms with Crippen molar-refractivity contribution in [2.24, 2.45) is 11.8 Å². The highest BCUT2D eigenvalue weighted by Crippen LogP contribution is 2.23. The first kappa shape index (κ1) is 14.3. The number of amides is 1. The normalized spacial score (nSPS) is 28.4. The predicted octanol–water partition coefficient (Wildman–Crippen LogP) is 0.740. The van der Waals surface area contributed by atoms with Crippen LogP contribution in [0.1, 0.15) is 26.2 Å². The highest BCUT2D eigenvalue weighted by atomic mass is 16.5. The third-order valence-electron chi connectivity index (χ3n) is 4.09. The monoisotopic (exact) mass is 268 g/mol. The van der Waals surface area contributed by atoms with Crippen molar-refractivity contribution >= 4 is 11.9 Å². The summed E-state index contributed by atoms with van der Waals surface area (Å²) < 4.78 is 5.07. The molecule has 2 aliphatic rings. The maximum atomic E-state index is 12.4. The lowest BCUT2D eigenvalue weighted by molar-refractivity contribution is -0.151. The summed E-state index contributed by atoms with van der Waals surface area (Å²) in [5, 5.41) is 0. The third-order valence-corrected chi connectivity index (χ3v) is 4.09. The van der Waals surface area contributed by atoms with Crippen LogP contribution in [0.2, 0.25) is 0 Å². The van der Waals surface area contributed by atoms with Gasteiger partial charge in [-0.15, -0.1) is 0 Å².